The van der Waals surface area contributed by atoms with Crippen molar-refractivity contribution in [1.29, 1.82) is 0 Å². The van der Waals surface area contributed by atoms with Gasteiger partial charge in [0.05, 0.1) is 0 Å². The molecule has 0 bridgehead atoms. The molecule has 4 rings (SSSR count). The van der Waals surface area contributed by atoms with Crippen molar-refractivity contribution in [1.82, 2.24) is 0 Å². The van der Waals surface area contributed by atoms with Crippen LogP contribution in [0.2, 0.25) is 0 Å². The molecule has 0 aliphatic carbocycles. The highest BCUT2D eigenvalue weighted by Crippen LogP contribution is 2.55. The number of rotatable bonds is 4. The number of hydrogen-bond donors (Lipinski definition) is 0. The number of hydrogen-bond acceptors (Lipinski definition) is 0. The molecule has 0 unspecified atom stereocenters. The standard InChI is InChI=1S/C27H26P/c1-21-19-22(2)27(23(3)20-21)28(24-13-7-4-8-14-24,25-15-9-5-10-16-25)26-17-11-6-12-18-26/h4-20H,1-3H3/q+1. The Hall–Kier alpha value is -2.69. The molecule has 4 aromatic carbocycles. The van der Waals surface area contributed by atoms with Crippen molar-refractivity contribution in [2.75, 3.05) is 0 Å². The summed E-state index contributed by atoms with van der Waals surface area (Å²) in [5.41, 5.74) is 4.08. The van der Waals surface area contributed by atoms with Gasteiger partial charge in [0.1, 0.15) is 28.5 Å². The van der Waals surface area contributed by atoms with Crippen molar-refractivity contribution in [3.8, 4) is 0 Å². The molecule has 0 spiro atoms. The maximum atomic E-state index is 2.34. The lowest BCUT2D eigenvalue weighted by Crippen LogP contribution is -2.40. The first kappa shape index (κ1) is 18.7. The van der Waals surface area contributed by atoms with Gasteiger partial charge in [-0.2, -0.15) is 0 Å². The second-order valence-electron chi connectivity index (χ2n) is 7.42. The van der Waals surface area contributed by atoms with Crippen molar-refractivity contribution in [3.63, 3.8) is 0 Å². The smallest absolute Gasteiger partial charge is 0.0620 e. The quantitative estimate of drug-likeness (QED) is 0.425. The minimum absolute atomic E-state index is 1.33. The Balaban J connectivity index is 2.21. The topological polar surface area (TPSA) is 0 Å². The van der Waals surface area contributed by atoms with Gasteiger partial charge in [-0.05, 0) is 68.3 Å². The maximum Gasteiger partial charge on any atom is 0.144 e. The lowest BCUT2D eigenvalue weighted by molar-refractivity contribution is 1.35. The summed E-state index contributed by atoms with van der Waals surface area (Å²) in [6.07, 6.45) is 0. The van der Waals surface area contributed by atoms with E-state index < -0.39 is 7.26 Å². The second kappa shape index (κ2) is 7.74. The molecule has 138 valence electrons. The normalized spacial score (nSPS) is 11.4. The van der Waals surface area contributed by atoms with E-state index in [1.807, 2.05) is 0 Å². The van der Waals surface area contributed by atoms with Crippen LogP contribution in [0.3, 0.4) is 0 Å². The van der Waals surface area contributed by atoms with Gasteiger partial charge in [-0.25, -0.2) is 0 Å². The molecule has 0 aliphatic heterocycles. The number of benzene rings is 4. The van der Waals surface area contributed by atoms with Crippen LogP contribution in [0.15, 0.2) is 103 Å². The first-order valence-corrected chi connectivity index (χ1v) is 11.6. The van der Waals surface area contributed by atoms with E-state index in [0.29, 0.717) is 0 Å². The van der Waals surface area contributed by atoms with Crippen LogP contribution < -0.4 is 21.2 Å². The molecule has 0 N–H and O–H groups in total. The van der Waals surface area contributed by atoms with Crippen molar-refractivity contribution < 1.29 is 0 Å². The zero-order chi connectivity index (χ0) is 19.6. The summed E-state index contributed by atoms with van der Waals surface area (Å²) in [7, 11) is -2.00. The number of aryl methyl sites for hydroxylation is 3. The molecule has 0 aromatic heterocycles. The van der Waals surface area contributed by atoms with E-state index in [0.717, 1.165) is 0 Å². The van der Waals surface area contributed by atoms with Gasteiger partial charge in [0.25, 0.3) is 0 Å². The third-order valence-corrected chi connectivity index (χ3v) is 10.00. The monoisotopic (exact) mass is 381 g/mol. The summed E-state index contributed by atoms with van der Waals surface area (Å²) in [5, 5.41) is 5.70. The van der Waals surface area contributed by atoms with Gasteiger partial charge < -0.3 is 0 Å². The lowest BCUT2D eigenvalue weighted by atomic mass is 10.1. The highest BCUT2D eigenvalue weighted by molar-refractivity contribution is 8.01. The molecule has 0 saturated carbocycles. The van der Waals surface area contributed by atoms with Crippen molar-refractivity contribution in [2.45, 2.75) is 20.8 Å². The van der Waals surface area contributed by atoms with E-state index in [9.17, 15) is 0 Å². The van der Waals surface area contributed by atoms with Crippen molar-refractivity contribution >= 4 is 28.5 Å². The van der Waals surface area contributed by atoms with Crippen LogP contribution in [-0.2, 0) is 0 Å². The Morgan fingerprint density at radius 3 is 1.11 bits per heavy atom. The first-order valence-electron chi connectivity index (χ1n) is 9.78. The van der Waals surface area contributed by atoms with Crippen LogP contribution in [0.25, 0.3) is 0 Å². The molecule has 0 amide bonds. The van der Waals surface area contributed by atoms with Gasteiger partial charge in [0, 0.05) is 0 Å². The summed E-state index contributed by atoms with van der Waals surface area (Å²) >= 11 is 0. The van der Waals surface area contributed by atoms with Crippen LogP contribution in [0.1, 0.15) is 16.7 Å². The minimum Gasteiger partial charge on any atom is -0.0620 e. The zero-order valence-electron chi connectivity index (χ0n) is 16.8. The average molecular weight is 381 g/mol. The molecule has 0 fully saturated rings. The second-order valence-corrected chi connectivity index (χ2v) is 10.8. The Labute approximate surface area is 169 Å². The Morgan fingerprint density at radius 1 is 0.464 bits per heavy atom. The summed E-state index contributed by atoms with van der Waals surface area (Å²) in [6.45, 7) is 6.75. The SMILES string of the molecule is Cc1cc(C)c([P+](c2ccccc2)(c2ccccc2)c2ccccc2)c(C)c1. The Kier molecular flexibility index (Phi) is 5.16. The van der Waals surface area contributed by atoms with Gasteiger partial charge in [0.2, 0.25) is 0 Å². The molecule has 0 nitrogen and oxygen atoms in total. The van der Waals surface area contributed by atoms with E-state index in [1.165, 1.54) is 37.9 Å². The largest absolute Gasteiger partial charge is 0.144 e. The molecular weight excluding hydrogens is 355 g/mol. The molecule has 0 saturated heterocycles. The minimum atomic E-state index is -2.00. The molecule has 0 radical (unpaired) electrons. The zero-order valence-corrected chi connectivity index (χ0v) is 17.7. The van der Waals surface area contributed by atoms with E-state index in [1.54, 1.807) is 0 Å². The Bertz CT molecular complexity index is 947. The van der Waals surface area contributed by atoms with Gasteiger partial charge in [-0.1, -0.05) is 72.3 Å². The third-order valence-electron chi connectivity index (χ3n) is 5.40. The fraction of sp³-hybridized carbons (Fsp3) is 0.111. The third kappa shape index (κ3) is 3.09. The van der Waals surface area contributed by atoms with Crippen LogP contribution in [0, 0.1) is 20.8 Å². The summed E-state index contributed by atoms with van der Waals surface area (Å²) in [6, 6.07) is 37.9. The molecule has 0 aliphatic rings. The van der Waals surface area contributed by atoms with Crippen molar-refractivity contribution in [2.24, 2.45) is 0 Å². The summed E-state index contributed by atoms with van der Waals surface area (Å²) in [5.74, 6) is 0. The van der Waals surface area contributed by atoms with E-state index in [-0.39, 0.29) is 0 Å². The highest BCUT2D eigenvalue weighted by Gasteiger charge is 2.49. The van der Waals surface area contributed by atoms with Gasteiger partial charge in [-0.3, -0.25) is 0 Å². The van der Waals surface area contributed by atoms with E-state index in [2.05, 4.69) is 124 Å². The van der Waals surface area contributed by atoms with E-state index >= 15 is 0 Å². The van der Waals surface area contributed by atoms with Gasteiger partial charge >= 0.3 is 0 Å². The van der Waals surface area contributed by atoms with E-state index in [4.69, 9.17) is 0 Å². The Morgan fingerprint density at radius 2 is 0.786 bits per heavy atom. The highest BCUT2D eigenvalue weighted by atomic mass is 31.2. The predicted molar refractivity (Wildman–Crippen MR) is 125 cm³/mol. The van der Waals surface area contributed by atoms with Gasteiger partial charge in [-0.15, -0.1) is 0 Å². The van der Waals surface area contributed by atoms with Crippen LogP contribution in [-0.4, -0.2) is 0 Å². The molecule has 28 heavy (non-hydrogen) atoms. The lowest BCUT2D eigenvalue weighted by Gasteiger charge is -2.30. The van der Waals surface area contributed by atoms with Gasteiger partial charge in [0.15, 0.2) is 0 Å². The molecule has 1 heteroatoms. The molecular formula is C27H26P+. The predicted octanol–water partition coefficient (Wildman–Crippen LogP) is 5.23. The maximum absolute atomic E-state index is 2.34. The average Bonchev–Trinajstić information content (AvgIpc) is 2.72. The fourth-order valence-corrected chi connectivity index (χ4v) is 9.21. The first-order chi connectivity index (χ1) is 13.6. The van der Waals surface area contributed by atoms with Crippen molar-refractivity contribution in [3.05, 3.63) is 120 Å². The summed E-state index contributed by atoms with van der Waals surface area (Å²) < 4.78 is 0. The fourth-order valence-electron chi connectivity index (χ4n) is 4.49. The molecule has 0 heterocycles. The van der Waals surface area contributed by atoms with Crippen LogP contribution in [0.4, 0.5) is 0 Å². The summed E-state index contributed by atoms with van der Waals surface area (Å²) in [4.78, 5) is 0. The molecule has 4 aromatic rings. The molecule has 0 atom stereocenters. The van der Waals surface area contributed by atoms with Crippen LogP contribution in [0.5, 0.6) is 0 Å². The van der Waals surface area contributed by atoms with Crippen LogP contribution >= 0.6 is 7.26 Å².